The summed E-state index contributed by atoms with van der Waals surface area (Å²) in [6, 6.07) is 18.4. The van der Waals surface area contributed by atoms with Crippen molar-refractivity contribution in [2.24, 2.45) is 0 Å². The van der Waals surface area contributed by atoms with E-state index in [0.717, 1.165) is 22.4 Å². The molecule has 1 heterocycles. The Kier molecular flexibility index (Phi) is 4.24. The molecule has 0 aliphatic carbocycles. The van der Waals surface area contributed by atoms with Crippen LogP contribution in [-0.4, -0.2) is 15.7 Å². The lowest BCUT2D eigenvalue weighted by Gasteiger charge is -2.13. The van der Waals surface area contributed by atoms with Crippen LogP contribution in [-0.2, 0) is 4.79 Å². The van der Waals surface area contributed by atoms with E-state index in [1.165, 1.54) is 6.92 Å². The Morgan fingerprint density at radius 2 is 1.87 bits per heavy atom. The fourth-order valence-corrected chi connectivity index (χ4v) is 2.60. The molecule has 0 fully saturated rings. The summed E-state index contributed by atoms with van der Waals surface area (Å²) in [5.41, 5.74) is 4.39. The zero-order chi connectivity index (χ0) is 16.2. The van der Waals surface area contributed by atoms with Gasteiger partial charge in [0.15, 0.2) is 0 Å². The van der Waals surface area contributed by atoms with E-state index in [-0.39, 0.29) is 11.9 Å². The lowest BCUT2D eigenvalue weighted by Crippen LogP contribution is -2.23. The molecule has 1 aromatic heterocycles. The first-order valence-corrected chi connectivity index (χ1v) is 7.61. The molecule has 1 amide bonds. The van der Waals surface area contributed by atoms with Gasteiger partial charge in [0.2, 0.25) is 5.91 Å². The van der Waals surface area contributed by atoms with Crippen LogP contribution in [0.2, 0.25) is 0 Å². The monoisotopic (exact) mass is 305 g/mol. The van der Waals surface area contributed by atoms with Crippen LogP contribution in [0, 0.1) is 0 Å². The zero-order valence-electron chi connectivity index (χ0n) is 13.2. The highest BCUT2D eigenvalue weighted by molar-refractivity contribution is 5.73. The molecular weight excluding hydrogens is 286 g/mol. The maximum Gasteiger partial charge on any atom is 0.217 e. The molecule has 0 aliphatic heterocycles. The van der Waals surface area contributed by atoms with Crippen molar-refractivity contribution in [1.29, 1.82) is 0 Å². The minimum Gasteiger partial charge on any atom is -0.350 e. The molecule has 0 saturated heterocycles. The molecule has 2 aromatic carbocycles. The molecule has 0 bridgehead atoms. The largest absolute Gasteiger partial charge is 0.350 e. The van der Waals surface area contributed by atoms with E-state index >= 15 is 0 Å². The fourth-order valence-electron chi connectivity index (χ4n) is 2.60. The molecule has 0 aliphatic rings. The van der Waals surface area contributed by atoms with Gasteiger partial charge in [-0.2, -0.15) is 5.10 Å². The Labute approximate surface area is 135 Å². The quantitative estimate of drug-likeness (QED) is 0.798. The molecule has 23 heavy (non-hydrogen) atoms. The second kappa shape index (κ2) is 6.48. The highest BCUT2D eigenvalue weighted by Gasteiger charge is 2.07. The zero-order valence-corrected chi connectivity index (χ0v) is 13.2. The van der Waals surface area contributed by atoms with Crippen molar-refractivity contribution in [3.63, 3.8) is 0 Å². The third-order valence-electron chi connectivity index (χ3n) is 3.78. The number of nitrogens with one attached hydrogen (secondary N) is 1. The molecular formula is C19H19N3O. The van der Waals surface area contributed by atoms with Crippen molar-refractivity contribution in [1.82, 2.24) is 15.1 Å². The lowest BCUT2D eigenvalue weighted by molar-refractivity contribution is -0.119. The smallest absolute Gasteiger partial charge is 0.217 e. The van der Waals surface area contributed by atoms with Crippen LogP contribution in [0.1, 0.15) is 25.5 Å². The van der Waals surface area contributed by atoms with Crippen LogP contribution in [0.3, 0.4) is 0 Å². The fraction of sp³-hybridized carbons (Fsp3) is 0.158. The third kappa shape index (κ3) is 3.48. The highest BCUT2D eigenvalue weighted by Crippen LogP contribution is 2.24. The maximum atomic E-state index is 11.1. The van der Waals surface area contributed by atoms with Gasteiger partial charge in [0, 0.05) is 19.3 Å². The first-order chi connectivity index (χ1) is 11.1. The van der Waals surface area contributed by atoms with Crippen molar-refractivity contribution in [3.8, 4) is 16.8 Å². The first-order valence-electron chi connectivity index (χ1n) is 7.61. The minimum atomic E-state index is -0.0199. The standard InChI is InChI=1S/C19H19N3O/c1-14(21-15(2)23)16-7-9-17(10-8-16)18-5-3-6-19(13-18)22-12-4-11-20-22/h3-14H,1-2H3,(H,21,23). The number of carbonyl (C=O) groups excluding carboxylic acids is 1. The Balaban J connectivity index is 1.85. The summed E-state index contributed by atoms with van der Waals surface area (Å²) in [5.74, 6) is -0.0199. The third-order valence-corrected chi connectivity index (χ3v) is 3.78. The van der Waals surface area contributed by atoms with E-state index < -0.39 is 0 Å². The van der Waals surface area contributed by atoms with E-state index in [1.54, 1.807) is 6.20 Å². The number of carbonyl (C=O) groups is 1. The van der Waals surface area contributed by atoms with Crippen molar-refractivity contribution in [2.45, 2.75) is 19.9 Å². The van der Waals surface area contributed by atoms with Gasteiger partial charge in [-0.05, 0) is 41.8 Å². The predicted molar refractivity (Wildman–Crippen MR) is 91.2 cm³/mol. The molecule has 4 nitrogen and oxygen atoms in total. The molecule has 1 unspecified atom stereocenters. The first kappa shape index (κ1) is 15.0. The van der Waals surface area contributed by atoms with Crippen LogP contribution in [0.4, 0.5) is 0 Å². The van der Waals surface area contributed by atoms with Crippen molar-refractivity contribution in [3.05, 3.63) is 72.6 Å². The Bertz CT molecular complexity index is 792. The number of benzene rings is 2. The van der Waals surface area contributed by atoms with Gasteiger partial charge in [-0.15, -0.1) is 0 Å². The summed E-state index contributed by atoms with van der Waals surface area (Å²) in [6.07, 6.45) is 3.70. The van der Waals surface area contributed by atoms with Gasteiger partial charge in [0.05, 0.1) is 11.7 Å². The normalized spacial score (nSPS) is 11.9. The van der Waals surface area contributed by atoms with Crippen LogP contribution in [0.25, 0.3) is 16.8 Å². The number of hydrogen-bond acceptors (Lipinski definition) is 2. The van der Waals surface area contributed by atoms with Gasteiger partial charge in [-0.25, -0.2) is 4.68 Å². The average Bonchev–Trinajstić information content (AvgIpc) is 3.09. The highest BCUT2D eigenvalue weighted by atomic mass is 16.1. The topological polar surface area (TPSA) is 46.9 Å². The van der Waals surface area contributed by atoms with Crippen molar-refractivity contribution < 1.29 is 4.79 Å². The van der Waals surface area contributed by atoms with Gasteiger partial charge >= 0.3 is 0 Å². The van der Waals surface area contributed by atoms with Gasteiger partial charge in [0.1, 0.15) is 0 Å². The number of hydrogen-bond donors (Lipinski definition) is 1. The molecule has 116 valence electrons. The molecule has 3 rings (SSSR count). The lowest BCUT2D eigenvalue weighted by atomic mass is 10.0. The Morgan fingerprint density at radius 1 is 1.09 bits per heavy atom. The van der Waals surface area contributed by atoms with Crippen LogP contribution in [0.15, 0.2) is 67.0 Å². The van der Waals surface area contributed by atoms with E-state index in [9.17, 15) is 4.79 Å². The van der Waals surface area contributed by atoms with Crippen LogP contribution < -0.4 is 5.32 Å². The average molecular weight is 305 g/mol. The van der Waals surface area contributed by atoms with Crippen molar-refractivity contribution >= 4 is 5.91 Å². The maximum absolute atomic E-state index is 11.1. The molecule has 3 aromatic rings. The second-order valence-corrected chi connectivity index (χ2v) is 5.55. The summed E-state index contributed by atoms with van der Waals surface area (Å²) in [4.78, 5) is 11.1. The van der Waals surface area contributed by atoms with Gasteiger partial charge in [-0.1, -0.05) is 36.4 Å². The van der Waals surface area contributed by atoms with E-state index in [4.69, 9.17) is 0 Å². The minimum absolute atomic E-state index is 0.0111. The molecule has 4 heteroatoms. The van der Waals surface area contributed by atoms with E-state index in [0.29, 0.717) is 0 Å². The molecule has 0 saturated carbocycles. The van der Waals surface area contributed by atoms with Gasteiger partial charge < -0.3 is 5.32 Å². The summed E-state index contributed by atoms with van der Waals surface area (Å²) in [7, 11) is 0. The summed E-state index contributed by atoms with van der Waals surface area (Å²) < 4.78 is 1.84. The Hall–Kier alpha value is -2.88. The number of aromatic nitrogens is 2. The summed E-state index contributed by atoms with van der Waals surface area (Å²) >= 11 is 0. The predicted octanol–water partition coefficient (Wildman–Crippen LogP) is 3.74. The molecule has 1 atom stereocenters. The SMILES string of the molecule is CC(=O)NC(C)c1ccc(-c2cccc(-n3cccn3)c2)cc1. The van der Waals surface area contributed by atoms with E-state index in [1.807, 2.05) is 36.0 Å². The van der Waals surface area contributed by atoms with E-state index in [2.05, 4.69) is 46.8 Å². The van der Waals surface area contributed by atoms with Crippen LogP contribution >= 0.6 is 0 Å². The number of amides is 1. The van der Waals surface area contributed by atoms with Gasteiger partial charge in [0.25, 0.3) is 0 Å². The molecule has 0 radical (unpaired) electrons. The second-order valence-electron chi connectivity index (χ2n) is 5.55. The van der Waals surface area contributed by atoms with Crippen molar-refractivity contribution in [2.75, 3.05) is 0 Å². The number of nitrogens with zero attached hydrogens (tertiary/aromatic N) is 2. The number of rotatable bonds is 4. The summed E-state index contributed by atoms with van der Waals surface area (Å²) in [6.45, 7) is 3.51. The summed E-state index contributed by atoms with van der Waals surface area (Å²) in [5, 5.41) is 7.16. The van der Waals surface area contributed by atoms with Crippen LogP contribution in [0.5, 0.6) is 0 Å². The Morgan fingerprint density at radius 3 is 2.52 bits per heavy atom. The molecule has 1 N–H and O–H groups in total. The molecule has 0 spiro atoms. The van der Waals surface area contributed by atoms with Gasteiger partial charge in [-0.3, -0.25) is 4.79 Å².